The molecule has 53 heavy (non-hydrogen) atoms. The van der Waals surface area contributed by atoms with Gasteiger partial charge >= 0.3 is 17.9 Å². The summed E-state index contributed by atoms with van der Waals surface area (Å²) >= 11 is 0. The molecule has 0 radical (unpaired) electrons. The van der Waals surface area contributed by atoms with Crippen LogP contribution in [-0.4, -0.2) is 55.1 Å². The summed E-state index contributed by atoms with van der Waals surface area (Å²) in [4.78, 5) is 33.9. The zero-order valence-electron chi connectivity index (χ0n) is 33.0. The van der Waals surface area contributed by atoms with Crippen molar-refractivity contribution in [3.63, 3.8) is 0 Å². The van der Waals surface area contributed by atoms with Crippen molar-refractivity contribution in [3.8, 4) is 0 Å². The molecule has 0 aliphatic heterocycles. The number of hydrogen-bond donors (Lipinski definition) is 0. The topological polar surface area (TPSA) is 107 Å². The highest BCUT2D eigenvalue weighted by atomic mass is 16.7. The summed E-state index contributed by atoms with van der Waals surface area (Å²) in [6.07, 6.45) is 19.3. The maximum Gasteiger partial charge on any atom is 0.335 e. The van der Waals surface area contributed by atoms with Gasteiger partial charge in [-0.1, -0.05) is 19.7 Å². The Bertz CT molecular complexity index is 1300. The van der Waals surface area contributed by atoms with Crippen molar-refractivity contribution in [1.82, 2.24) is 0 Å². The van der Waals surface area contributed by atoms with Gasteiger partial charge in [-0.2, -0.15) is 0 Å². The zero-order chi connectivity index (χ0) is 38.0. The van der Waals surface area contributed by atoms with Crippen LogP contribution < -0.4 is 0 Å². The Morgan fingerprint density at radius 1 is 0.509 bits per heavy atom. The SMILES string of the molecule is C=C(C)C(=O)OC(C)OC1C2CC3CC(C2)CC1C3.C=C(C)C(=O)OC(C)OC1CC2CCC1C2.C=CC(=O)OC(C)OC1C2CC3CC(C2)CC1C3. The molecule has 0 aromatic heterocycles. The minimum absolute atomic E-state index is 0.298. The van der Waals surface area contributed by atoms with Crippen LogP contribution >= 0.6 is 0 Å². The lowest BCUT2D eigenvalue weighted by Gasteiger charge is -2.54. The molecule has 0 aromatic carbocycles. The largest absolute Gasteiger partial charge is 0.433 e. The molecule has 9 heteroatoms. The molecule has 10 bridgehead atoms. The van der Waals surface area contributed by atoms with Gasteiger partial charge in [0.2, 0.25) is 18.9 Å². The van der Waals surface area contributed by atoms with Gasteiger partial charge in [0.15, 0.2) is 0 Å². The second kappa shape index (κ2) is 17.5. The van der Waals surface area contributed by atoms with Gasteiger partial charge in [0.1, 0.15) is 0 Å². The van der Waals surface area contributed by atoms with Crippen LogP contribution in [0.4, 0.5) is 0 Å². The van der Waals surface area contributed by atoms with Crippen LogP contribution in [-0.2, 0) is 42.8 Å². The Balaban J connectivity index is 0.000000137. The summed E-state index contributed by atoms with van der Waals surface area (Å²) in [6, 6.07) is 0. The number of hydrogen-bond acceptors (Lipinski definition) is 9. The van der Waals surface area contributed by atoms with E-state index in [2.05, 4.69) is 19.7 Å². The van der Waals surface area contributed by atoms with E-state index in [1.807, 2.05) is 13.8 Å². The average Bonchev–Trinajstić information content (AvgIpc) is 3.71. The minimum Gasteiger partial charge on any atom is -0.433 e. The van der Waals surface area contributed by atoms with Crippen molar-refractivity contribution in [2.45, 2.75) is 162 Å². The monoisotopic (exact) mass is 738 g/mol. The predicted octanol–water partition coefficient (Wildman–Crippen LogP) is 8.85. The molecule has 0 N–H and O–H groups in total. The van der Waals surface area contributed by atoms with E-state index in [9.17, 15) is 14.4 Å². The van der Waals surface area contributed by atoms with Crippen molar-refractivity contribution < 1.29 is 42.8 Å². The highest BCUT2D eigenvalue weighted by molar-refractivity contribution is 5.87. The minimum atomic E-state index is -0.452. The first-order chi connectivity index (χ1) is 25.2. The quantitative estimate of drug-likeness (QED) is 0.0840. The van der Waals surface area contributed by atoms with Crippen molar-refractivity contribution >= 4 is 17.9 Å². The van der Waals surface area contributed by atoms with E-state index in [4.69, 9.17) is 28.4 Å². The van der Waals surface area contributed by atoms with Crippen molar-refractivity contribution in [1.29, 1.82) is 0 Å². The molecule has 6 atom stereocenters. The Morgan fingerprint density at radius 2 is 0.887 bits per heavy atom. The summed E-state index contributed by atoms with van der Waals surface area (Å²) in [6.45, 7) is 19.3. The van der Waals surface area contributed by atoms with E-state index in [1.165, 1.54) is 89.5 Å². The smallest absolute Gasteiger partial charge is 0.335 e. The van der Waals surface area contributed by atoms with Gasteiger partial charge in [-0.3, -0.25) is 0 Å². The van der Waals surface area contributed by atoms with Gasteiger partial charge < -0.3 is 28.4 Å². The molecule has 10 rings (SSSR count). The van der Waals surface area contributed by atoms with E-state index in [0.717, 1.165) is 36.0 Å². The maximum absolute atomic E-state index is 11.5. The van der Waals surface area contributed by atoms with Gasteiger partial charge in [-0.25, -0.2) is 14.4 Å². The third-order valence-corrected chi connectivity index (χ3v) is 13.7. The molecule has 0 aromatic rings. The Labute approximate surface area is 317 Å². The molecular formula is C44H66O9. The molecule has 0 saturated heterocycles. The molecular weight excluding hydrogens is 672 g/mol. The fourth-order valence-electron chi connectivity index (χ4n) is 12.0. The first-order valence-electron chi connectivity index (χ1n) is 20.8. The fourth-order valence-corrected chi connectivity index (χ4v) is 12.0. The predicted molar refractivity (Wildman–Crippen MR) is 201 cm³/mol. The van der Waals surface area contributed by atoms with Crippen LogP contribution in [0.2, 0.25) is 0 Å². The van der Waals surface area contributed by atoms with Crippen LogP contribution in [0.1, 0.15) is 125 Å². The molecule has 10 fully saturated rings. The lowest BCUT2D eigenvalue weighted by atomic mass is 9.55. The van der Waals surface area contributed by atoms with Crippen LogP contribution in [0.5, 0.6) is 0 Å². The number of esters is 3. The summed E-state index contributed by atoms with van der Waals surface area (Å²) in [5.41, 5.74) is 0.851. The average molecular weight is 739 g/mol. The van der Waals surface area contributed by atoms with Crippen molar-refractivity contribution in [3.05, 3.63) is 37.0 Å². The van der Waals surface area contributed by atoms with Crippen LogP contribution in [0.25, 0.3) is 0 Å². The molecule has 0 spiro atoms. The number of carbonyl (C=O) groups excluding carboxylic acids is 3. The van der Waals surface area contributed by atoms with Crippen molar-refractivity contribution in [2.75, 3.05) is 0 Å². The Kier molecular flexibility index (Phi) is 13.3. The van der Waals surface area contributed by atoms with E-state index >= 15 is 0 Å². The summed E-state index contributed by atoms with van der Waals surface area (Å²) in [5, 5.41) is 0. The first-order valence-corrected chi connectivity index (χ1v) is 20.8. The molecule has 6 unspecified atom stereocenters. The molecule has 10 aliphatic rings. The molecule has 0 heterocycles. The van der Waals surface area contributed by atoms with Crippen LogP contribution in [0, 0.1) is 59.2 Å². The summed E-state index contributed by atoms with van der Waals surface area (Å²) < 4.78 is 33.4. The van der Waals surface area contributed by atoms with E-state index in [-0.39, 0.29) is 11.9 Å². The third-order valence-electron chi connectivity index (χ3n) is 13.7. The number of rotatable bonds is 12. The van der Waals surface area contributed by atoms with E-state index < -0.39 is 24.8 Å². The lowest BCUT2D eigenvalue weighted by Crippen LogP contribution is -2.50. The van der Waals surface area contributed by atoms with Gasteiger partial charge in [-0.05, 0) is 184 Å². The zero-order valence-corrected chi connectivity index (χ0v) is 33.0. The molecule has 9 nitrogen and oxygen atoms in total. The number of fused-ring (bicyclic) bond motifs is 2. The summed E-state index contributed by atoms with van der Waals surface area (Å²) in [7, 11) is 0. The highest BCUT2D eigenvalue weighted by Crippen LogP contribution is 2.56. The first kappa shape index (κ1) is 40.2. The van der Waals surface area contributed by atoms with E-state index in [0.29, 0.717) is 59.0 Å². The molecule has 0 amide bonds. The third kappa shape index (κ3) is 10.2. The number of carbonyl (C=O) groups is 3. The molecule has 10 saturated carbocycles. The van der Waals surface area contributed by atoms with Gasteiger partial charge in [-0.15, -0.1) is 0 Å². The second-order valence-corrected chi connectivity index (χ2v) is 18.1. The summed E-state index contributed by atoms with van der Waals surface area (Å²) in [5.74, 6) is 6.98. The van der Waals surface area contributed by atoms with Gasteiger partial charge in [0.25, 0.3) is 0 Å². The van der Waals surface area contributed by atoms with Crippen LogP contribution in [0.15, 0.2) is 37.0 Å². The molecule has 296 valence electrons. The Hall–Kier alpha value is -2.49. The fraction of sp³-hybridized carbons (Fsp3) is 0.795. The maximum atomic E-state index is 11.5. The van der Waals surface area contributed by atoms with Gasteiger partial charge in [0.05, 0.1) is 18.3 Å². The highest BCUT2D eigenvalue weighted by Gasteiger charge is 2.50. The molecule has 10 aliphatic carbocycles. The normalized spacial score (nSPS) is 39.4. The van der Waals surface area contributed by atoms with Gasteiger partial charge in [0, 0.05) is 17.2 Å². The van der Waals surface area contributed by atoms with Crippen molar-refractivity contribution in [2.24, 2.45) is 59.2 Å². The van der Waals surface area contributed by atoms with E-state index in [1.54, 1.807) is 20.8 Å². The standard InChI is InChI=1S/C16H24O3.C15H22O3.C13H20O3/c1-9(2)16(17)19-10(3)18-15-13-5-11-4-12(7-13)8-14(15)6-11;1-3-14(16)17-9(2)18-15-12-5-10-4-11(7-12)8-13(15)6-10;1-8(2)13(14)16-9(3)15-12-7-10-4-5-11(12)6-10/h10-15H,1,4-8H2,2-3H3;3,9-13,15H,1,4-8H2,2H3;9-12H,1,4-7H2,2-3H3. The second-order valence-electron chi connectivity index (χ2n) is 18.1. The lowest BCUT2D eigenvalue weighted by molar-refractivity contribution is -0.217. The van der Waals surface area contributed by atoms with Crippen LogP contribution in [0.3, 0.4) is 0 Å². The Morgan fingerprint density at radius 3 is 1.23 bits per heavy atom. The number of ether oxygens (including phenoxy) is 6.